The van der Waals surface area contributed by atoms with E-state index in [1.807, 2.05) is 44.2 Å². The first-order valence-electron chi connectivity index (χ1n) is 11.0. The van der Waals surface area contributed by atoms with Gasteiger partial charge in [-0.3, -0.25) is 0 Å². The standard InChI is InChI=1S/C25H31BrO6/c1-13(2)18-8-7-17(10-19(18)26)24-29-12-21-23(32-24)22(20(28)11-27)31-25(30-21)16-6-5-14(3)15(4)9-16/h5-10,13,20-25,27-28H,11-12H2,1-4H3/t20-,21+,22-,23-,24?,25?/m1/s1. The fraction of sp³-hybridized carbons (Fsp3) is 0.520. The number of aliphatic hydroxyl groups excluding tert-OH is 2. The number of fused-ring (bicyclic) bond motifs is 1. The molecule has 7 heteroatoms. The van der Waals surface area contributed by atoms with Crippen LogP contribution >= 0.6 is 15.9 Å². The molecule has 0 aromatic heterocycles. The van der Waals surface area contributed by atoms with Gasteiger partial charge in [-0.05, 0) is 42.5 Å². The van der Waals surface area contributed by atoms with Crippen LogP contribution in [0, 0.1) is 13.8 Å². The molecule has 2 aromatic carbocycles. The Kier molecular flexibility index (Phi) is 7.36. The molecule has 2 fully saturated rings. The minimum atomic E-state index is -1.10. The molecule has 2 heterocycles. The number of aryl methyl sites for hydroxylation is 2. The van der Waals surface area contributed by atoms with E-state index in [2.05, 4.69) is 35.8 Å². The summed E-state index contributed by atoms with van der Waals surface area (Å²) in [6.45, 7) is 8.22. The average Bonchev–Trinajstić information content (AvgIpc) is 2.78. The van der Waals surface area contributed by atoms with Crippen molar-refractivity contribution in [3.05, 3.63) is 68.7 Å². The van der Waals surface area contributed by atoms with Crippen LogP contribution in [0.4, 0.5) is 0 Å². The fourth-order valence-corrected chi connectivity index (χ4v) is 5.03. The first kappa shape index (κ1) is 23.8. The van der Waals surface area contributed by atoms with Gasteiger partial charge in [-0.15, -0.1) is 0 Å². The Bertz CT molecular complexity index is 948. The van der Waals surface area contributed by atoms with Crippen molar-refractivity contribution in [3.63, 3.8) is 0 Å². The highest BCUT2D eigenvalue weighted by Gasteiger charge is 2.48. The van der Waals surface area contributed by atoms with Crippen LogP contribution in [-0.2, 0) is 18.9 Å². The molecule has 2 saturated heterocycles. The van der Waals surface area contributed by atoms with E-state index in [0.717, 1.165) is 21.2 Å². The van der Waals surface area contributed by atoms with Gasteiger partial charge in [0.05, 0.1) is 13.2 Å². The van der Waals surface area contributed by atoms with Crippen LogP contribution in [-0.4, -0.2) is 47.8 Å². The second kappa shape index (κ2) is 9.89. The Labute approximate surface area is 197 Å². The third kappa shape index (κ3) is 4.80. The Balaban J connectivity index is 1.56. The predicted octanol–water partition coefficient (Wildman–Crippen LogP) is 4.44. The quantitative estimate of drug-likeness (QED) is 0.624. The molecule has 2 aliphatic heterocycles. The number of hydrogen-bond acceptors (Lipinski definition) is 6. The zero-order valence-corrected chi connectivity index (χ0v) is 20.4. The molecule has 0 saturated carbocycles. The van der Waals surface area contributed by atoms with Gasteiger partial charge in [0.25, 0.3) is 0 Å². The van der Waals surface area contributed by atoms with Crippen molar-refractivity contribution in [2.45, 2.75) is 70.6 Å². The molecule has 0 spiro atoms. The highest BCUT2D eigenvalue weighted by molar-refractivity contribution is 9.10. The van der Waals surface area contributed by atoms with E-state index < -0.39 is 43.6 Å². The number of hydrogen-bond donors (Lipinski definition) is 2. The average molecular weight is 507 g/mol. The van der Waals surface area contributed by atoms with Crippen LogP contribution in [0.5, 0.6) is 0 Å². The van der Waals surface area contributed by atoms with Gasteiger partial charge in [-0.25, -0.2) is 0 Å². The molecule has 2 N–H and O–H groups in total. The van der Waals surface area contributed by atoms with Crippen molar-refractivity contribution < 1.29 is 29.2 Å². The van der Waals surface area contributed by atoms with Crippen LogP contribution in [0.15, 0.2) is 40.9 Å². The van der Waals surface area contributed by atoms with Crippen molar-refractivity contribution in [2.24, 2.45) is 0 Å². The highest BCUT2D eigenvalue weighted by Crippen LogP contribution is 2.40. The fourth-order valence-electron chi connectivity index (χ4n) is 4.18. The van der Waals surface area contributed by atoms with E-state index in [1.54, 1.807) is 0 Å². The molecule has 0 aliphatic carbocycles. The summed E-state index contributed by atoms with van der Waals surface area (Å²) >= 11 is 3.64. The van der Waals surface area contributed by atoms with Crippen molar-refractivity contribution in [1.82, 2.24) is 0 Å². The molecule has 174 valence electrons. The maximum absolute atomic E-state index is 10.5. The van der Waals surface area contributed by atoms with Crippen LogP contribution in [0.25, 0.3) is 0 Å². The van der Waals surface area contributed by atoms with Crippen LogP contribution < -0.4 is 0 Å². The third-order valence-corrected chi connectivity index (χ3v) is 6.94. The first-order valence-corrected chi connectivity index (χ1v) is 11.8. The van der Waals surface area contributed by atoms with E-state index >= 15 is 0 Å². The highest BCUT2D eigenvalue weighted by atomic mass is 79.9. The van der Waals surface area contributed by atoms with Crippen molar-refractivity contribution in [3.8, 4) is 0 Å². The molecule has 0 radical (unpaired) electrons. The van der Waals surface area contributed by atoms with E-state index in [-0.39, 0.29) is 6.61 Å². The van der Waals surface area contributed by atoms with Crippen LogP contribution in [0.3, 0.4) is 0 Å². The van der Waals surface area contributed by atoms with Gasteiger partial charge in [0, 0.05) is 15.6 Å². The Hall–Kier alpha value is -1.32. The predicted molar refractivity (Wildman–Crippen MR) is 123 cm³/mol. The minimum absolute atomic E-state index is 0.290. The van der Waals surface area contributed by atoms with Crippen molar-refractivity contribution >= 4 is 15.9 Å². The largest absolute Gasteiger partial charge is 0.394 e. The molecular weight excluding hydrogens is 476 g/mol. The Morgan fingerprint density at radius 2 is 1.69 bits per heavy atom. The van der Waals surface area contributed by atoms with Crippen LogP contribution in [0.2, 0.25) is 0 Å². The molecule has 32 heavy (non-hydrogen) atoms. The van der Waals surface area contributed by atoms with Crippen molar-refractivity contribution in [2.75, 3.05) is 13.2 Å². The van der Waals surface area contributed by atoms with E-state index in [4.69, 9.17) is 18.9 Å². The minimum Gasteiger partial charge on any atom is -0.394 e. The summed E-state index contributed by atoms with van der Waals surface area (Å²) < 4.78 is 25.5. The van der Waals surface area contributed by atoms with Gasteiger partial charge in [-0.1, -0.05) is 60.1 Å². The number of aliphatic hydroxyl groups is 2. The molecule has 0 bridgehead atoms. The summed E-state index contributed by atoms with van der Waals surface area (Å²) in [5, 5.41) is 20.2. The molecule has 2 unspecified atom stereocenters. The van der Waals surface area contributed by atoms with Gasteiger partial charge in [0.2, 0.25) is 0 Å². The molecule has 6 nitrogen and oxygen atoms in total. The van der Waals surface area contributed by atoms with E-state index in [0.29, 0.717) is 5.92 Å². The summed E-state index contributed by atoms with van der Waals surface area (Å²) in [6.07, 6.45) is -4.17. The van der Waals surface area contributed by atoms with Gasteiger partial charge in [0.1, 0.15) is 24.4 Å². The smallest absolute Gasteiger partial charge is 0.184 e. The summed E-state index contributed by atoms with van der Waals surface area (Å²) in [5.74, 6) is 0.391. The topological polar surface area (TPSA) is 77.4 Å². The summed E-state index contributed by atoms with van der Waals surface area (Å²) in [5.41, 5.74) is 5.24. The maximum atomic E-state index is 10.5. The van der Waals surface area contributed by atoms with E-state index in [9.17, 15) is 10.2 Å². The first-order chi connectivity index (χ1) is 15.3. The van der Waals surface area contributed by atoms with E-state index in [1.165, 1.54) is 11.1 Å². The third-order valence-electron chi connectivity index (χ3n) is 6.25. The lowest BCUT2D eigenvalue weighted by molar-refractivity contribution is -0.373. The SMILES string of the molecule is Cc1ccc(C2O[C@H]([C@H](O)CO)[C@@H]3OC(c4ccc(C(C)C)c(Br)c4)OC[C@@H]3O2)cc1C. The van der Waals surface area contributed by atoms with Crippen molar-refractivity contribution in [1.29, 1.82) is 0 Å². The molecule has 6 atom stereocenters. The van der Waals surface area contributed by atoms with Gasteiger partial charge in [-0.2, -0.15) is 0 Å². The zero-order chi connectivity index (χ0) is 23.0. The number of benzene rings is 2. The number of halogens is 1. The monoisotopic (exact) mass is 506 g/mol. The van der Waals surface area contributed by atoms with Gasteiger partial charge >= 0.3 is 0 Å². The second-order valence-electron chi connectivity index (χ2n) is 8.90. The summed E-state index contributed by atoms with van der Waals surface area (Å²) in [7, 11) is 0. The summed E-state index contributed by atoms with van der Waals surface area (Å²) in [4.78, 5) is 0. The molecule has 0 amide bonds. The lowest BCUT2D eigenvalue weighted by atomic mass is 9.98. The summed E-state index contributed by atoms with van der Waals surface area (Å²) in [6, 6.07) is 12.0. The lowest BCUT2D eigenvalue weighted by Gasteiger charge is -2.47. The molecule has 2 aliphatic rings. The van der Waals surface area contributed by atoms with Crippen LogP contribution in [0.1, 0.15) is 60.2 Å². The second-order valence-corrected chi connectivity index (χ2v) is 9.76. The van der Waals surface area contributed by atoms with Gasteiger partial charge in [0.15, 0.2) is 12.6 Å². The maximum Gasteiger partial charge on any atom is 0.184 e. The molecule has 4 rings (SSSR count). The molecule has 2 aromatic rings. The lowest BCUT2D eigenvalue weighted by Crippen LogP contribution is -2.58. The Morgan fingerprint density at radius 3 is 2.34 bits per heavy atom. The zero-order valence-electron chi connectivity index (χ0n) is 18.8. The molecular formula is C25H31BrO6. The number of rotatable bonds is 5. The Morgan fingerprint density at radius 1 is 0.969 bits per heavy atom. The normalized spacial score (nSPS) is 29.1. The van der Waals surface area contributed by atoms with Gasteiger partial charge < -0.3 is 29.2 Å². The number of ether oxygens (including phenoxy) is 4.